The van der Waals surface area contributed by atoms with Gasteiger partial charge < -0.3 is 10.6 Å². The van der Waals surface area contributed by atoms with E-state index in [4.69, 9.17) is 0 Å². The summed E-state index contributed by atoms with van der Waals surface area (Å²) in [6.07, 6.45) is 2.45. The molecule has 3 atom stereocenters. The van der Waals surface area contributed by atoms with Crippen molar-refractivity contribution < 1.29 is 9.59 Å². The number of hydrogen-bond donors (Lipinski definition) is 2. The Morgan fingerprint density at radius 1 is 0.897 bits per heavy atom. The van der Waals surface area contributed by atoms with Gasteiger partial charge in [0.1, 0.15) is 0 Å². The minimum absolute atomic E-state index is 0.0303. The highest BCUT2D eigenvalue weighted by Gasteiger charge is 2.38. The summed E-state index contributed by atoms with van der Waals surface area (Å²) in [6, 6.07) is 16.4. The van der Waals surface area contributed by atoms with Crippen LogP contribution in [0.3, 0.4) is 0 Å². The molecule has 29 heavy (non-hydrogen) atoms. The van der Waals surface area contributed by atoms with E-state index in [0.717, 1.165) is 36.0 Å². The Balaban J connectivity index is 1.90. The quantitative estimate of drug-likeness (QED) is 0.761. The number of aryl methyl sites for hydroxylation is 1. The van der Waals surface area contributed by atoms with Gasteiger partial charge in [-0.05, 0) is 47.9 Å². The van der Waals surface area contributed by atoms with Crippen LogP contribution in [0.5, 0.6) is 0 Å². The van der Waals surface area contributed by atoms with Gasteiger partial charge in [-0.3, -0.25) is 9.59 Å². The zero-order valence-corrected chi connectivity index (χ0v) is 17.9. The van der Waals surface area contributed by atoms with Crippen LogP contribution in [0.15, 0.2) is 48.5 Å². The van der Waals surface area contributed by atoms with Crippen molar-refractivity contribution in [3.05, 3.63) is 70.8 Å². The van der Waals surface area contributed by atoms with Gasteiger partial charge in [0.15, 0.2) is 0 Å². The predicted octanol–water partition coefficient (Wildman–Crippen LogP) is 4.49. The van der Waals surface area contributed by atoms with E-state index < -0.39 is 0 Å². The van der Waals surface area contributed by atoms with Gasteiger partial charge in [-0.1, -0.05) is 68.8 Å². The van der Waals surface area contributed by atoms with E-state index in [1.54, 1.807) is 7.05 Å². The molecule has 3 rings (SSSR count). The Labute approximate surface area is 174 Å². The topological polar surface area (TPSA) is 58.2 Å². The Hall–Kier alpha value is -2.62. The second kappa shape index (κ2) is 9.25. The first-order valence-electron chi connectivity index (χ1n) is 10.6. The summed E-state index contributed by atoms with van der Waals surface area (Å²) in [4.78, 5) is 25.4. The molecule has 1 fully saturated rings. The molecule has 4 nitrogen and oxygen atoms in total. The van der Waals surface area contributed by atoms with Gasteiger partial charge in [0, 0.05) is 18.9 Å². The van der Waals surface area contributed by atoms with Crippen LogP contribution in [0.25, 0.3) is 0 Å². The van der Waals surface area contributed by atoms with E-state index in [1.165, 1.54) is 5.56 Å². The number of carbonyl (C=O) groups is 2. The molecule has 2 aromatic rings. The van der Waals surface area contributed by atoms with Crippen LogP contribution < -0.4 is 10.6 Å². The fourth-order valence-electron chi connectivity index (χ4n) is 4.35. The van der Waals surface area contributed by atoms with Crippen molar-refractivity contribution >= 4 is 11.8 Å². The number of benzene rings is 2. The fourth-order valence-corrected chi connectivity index (χ4v) is 4.35. The number of nitrogens with one attached hydrogen (secondary N) is 2. The molecule has 2 aromatic carbocycles. The van der Waals surface area contributed by atoms with Gasteiger partial charge in [-0.2, -0.15) is 0 Å². The first-order chi connectivity index (χ1) is 13.9. The van der Waals surface area contributed by atoms with Crippen LogP contribution in [0.4, 0.5) is 0 Å². The lowest BCUT2D eigenvalue weighted by Crippen LogP contribution is -2.40. The number of carbonyl (C=O) groups excluding carboxylic acids is 2. The molecule has 0 spiro atoms. The second-order valence-electron chi connectivity index (χ2n) is 8.38. The van der Waals surface area contributed by atoms with Crippen molar-refractivity contribution in [2.24, 2.45) is 11.8 Å². The summed E-state index contributed by atoms with van der Waals surface area (Å²) < 4.78 is 0. The van der Waals surface area contributed by atoms with Crippen LogP contribution >= 0.6 is 0 Å². The maximum absolute atomic E-state index is 13.2. The second-order valence-corrected chi connectivity index (χ2v) is 8.38. The molecular formula is C25H32N2O2. The average molecular weight is 393 g/mol. The van der Waals surface area contributed by atoms with Gasteiger partial charge in [-0.25, -0.2) is 0 Å². The molecule has 0 radical (unpaired) electrons. The van der Waals surface area contributed by atoms with Crippen molar-refractivity contribution in [1.82, 2.24) is 10.6 Å². The highest BCUT2D eigenvalue weighted by atomic mass is 16.2. The van der Waals surface area contributed by atoms with Crippen LogP contribution in [0, 0.1) is 18.8 Å². The molecule has 0 aliphatic heterocycles. The van der Waals surface area contributed by atoms with E-state index in [0.29, 0.717) is 5.92 Å². The smallest absolute Gasteiger partial charge is 0.224 e. The summed E-state index contributed by atoms with van der Waals surface area (Å²) >= 11 is 0. The number of hydrogen-bond acceptors (Lipinski definition) is 2. The molecule has 0 saturated heterocycles. The normalized spacial score (nSPS) is 19.8. The summed E-state index contributed by atoms with van der Waals surface area (Å²) in [7, 11) is 1.64. The SMILES string of the molecule is CNC(=O)[C@H]1CCC[C@H]1C(=O)N[C@H](c1ccc(C(C)C)cc1)c1ccccc1C. The minimum Gasteiger partial charge on any atom is -0.359 e. The Morgan fingerprint density at radius 3 is 2.07 bits per heavy atom. The molecule has 0 aromatic heterocycles. The maximum atomic E-state index is 13.2. The summed E-state index contributed by atoms with van der Waals surface area (Å²) in [5.41, 5.74) is 4.57. The van der Waals surface area contributed by atoms with Crippen LogP contribution in [-0.4, -0.2) is 18.9 Å². The van der Waals surface area contributed by atoms with Gasteiger partial charge in [0.2, 0.25) is 11.8 Å². The van der Waals surface area contributed by atoms with Crippen molar-refractivity contribution in [1.29, 1.82) is 0 Å². The van der Waals surface area contributed by atoms with Gasteiger partial charge in [-0.15, -0.1) is 0 Å². The van der Waals surface area contributed by atoms with Crippen LogP contribution in [0.1, 0.15) is 67.3 Å². The van der Waals surface area contributed by atoms with E-state index in [1.807, 2.05) is 12.1 Å². The lowest BCUT2D eigenvalue weighted by atomic mass is 9.90. The largest absolute Gasteiger partial charge is 0.359 e. The standard InChI is InChI=1S/C25H32N2O2/c1-16(2)18-12-14-19(15-13-18)23(20-9-6-5-8-17(20)3)27-25(29)22-11-7-10-21(22)24(28)26-4/h5-6,8-9,12-16,21-23H,7,10-11H2,1-4H3,(H,26,28)(H,27,29)/t21-,22+,23+/m0/s1. The van der Waals surface area contributed by atoms with E-state index in [-0.39, 0.29) is 29.7 Å². The Morgan fingerprint density at radius 2 is 1.48 bits per heavy atom. The summed E-state index contributed by atoms with van der Waals surface area (Å²) in [6.45, 7) is 6.42. The highest BCUT2D eigenvalue weighted by Crippen LogP contribution is 2.34. The Bertz CT molecular complexity index is 857. The fraction of sp³-hybridized carbons (Fsp3) is 0.440. The van der Waals surface area contributed by atoms with E-state index >= 15 is 0 Å². The van der Waals surface area contributed by atoms with Crippen LogP contribution in [0.2, 0.25) is 0 Å². The zero-order valence-electron chi connectivity index (χ0n) is 17.9. The monoisotopic (exact) mass is 392 g/mol. The maximum Gasteiger partial charge on any atom is 0.224 e. The number of rotatable bonds is 6. The summed E-state index contributed by atoms with van der Waals surface area (Å²) in [5.74, 6) is -0.103. The third-order valence-electron chi connectivity index (χ3n) is 6.16. The molecule has 0 heterocycles. The average Bonchev–Trinajstić information content (AvgIpc) is 3.22. The molecule has 1 aliphatic carbocycles. The van der Waals surface area contributed by atoms with Gasteiger partial charge >= 0.3 is 0 Å². The third kappa shape index (κ3) is 4.69. The molecule has 4 heteroatoms. The molecule has 0 bridgehead atoms. The van der Waals surface area contributed by atoms with E-state index in [9.17, 15) is 9.59 Å². The van der Waals surface area contributed by atoms with Crippen molar-refractivity contribution in [2.45, 2.75) is 52.0 Å². The van der Waals surface area contributed by atoms with Crippen LogP contribution in [-0.2, 0) is 9.59 Å². The number of amides is 2. The van der Waals surface area contributed by atoms with Crippen molar-refractivity contribution in [3.63, 3.8) is 0 Å². The molecule has 2 N–H and O–H groups in total. The first kappa shape index (κ1) is 21.1. The molecular weight excluding hydrogens is 360 g/mol. The van der Waals surface area contributed by atoms with Crippen molar-refractivity contribution in [2.75, 3.05) is 7.05 Å². The molecule has 154 valence electrons. The lowest BCUT2D eigenvalue weighted by molar-refractivity contribution is -0.133. The predicted molar refractivity (Wildman–Crippen MR) is 117 cm³/mol. The molecule has 1 aliphatic rings. The molecule has 0 unspecified atom stereocenters. The first-order valence-corrected chi connectivity index (χ1v) is 10.6. The molecule has 1 saturated carbocycles. The summed E-state index contributed by atoms with van der Waals surface area (Å²) in [5, 5.41) is 5.99. The lowest BCUT2D eigenvalue weighted by Gasteiger charge is -2.25. The third-order valence-corrected chi connectivity index (χ3v) is 6.16. The van der Waals surface area contributed by atoms with Crippen molar-refractivity contribution in [3.8, 4) is 0 Å². The zero-order chi connectivity index (χ0) is 21.0. The van der Waals surface area contributed by atoms with Gasteiger partial charge in [0.25, 0.3) is 0 Å². The van der Waals surface area contributed by atoms with Gasteiger partial charge in [0.05, 0.1) is 6.04 Å². The van der Waals surface area contributed by atoms with E-state index in [2.05, 4.69) is 67.8 Å². The highest BCUT2D eigenvalue weighted by molar-refractivity contribution is 5.88. The Kier molecular flexibility index (Phi) is 6.73. The molecule has 2 amide bonds. The minimum atomic E-state index is -0.267.